The summed E-state index contributed by atoms with van der Waals surface area (Å²) >= 11 is 0. The molecule has 20 heavy (non-hydrogen) atoms. The number of carbonyl (C=O) groups is 3. The van der Waals surface area contributed by atoms with Gasteiger partial charge in [-0.15, -0.1) is 0 Å². The molecular weight excluding hydrogens is 264 g/mol. The molecule has 0 aromatic carbocycles. The standard InChI is InChI=1S/C13H20N2O5/c1-20-10(13(18)19)7-14-11(16)9-3-2-6-15(9)12(17)8-4-5-8/h8-10H,2-7H2,1H3,(H,14,16)(H,18,19). The maximum absolute atomic E-state index is 12.1. The van der Waals surface area contributed by atoms with Gasteiger partial charge >= 0.3 is 5.97 Å². The number of carboxylic acids is 1. The SMILES string of the molecule is COC(CNC(=O)C1CCCN1C(=O)C1CC1)C(=O)O. The number of hydrogen-bond donors (Lipinski definition) is 2. The first kappa shape index (κ1) is 14.8. The Morgan fingerprint density at radius 1 is 1.35 bits per heavy atom. The largest absolute Gasteiger partial charge is 0.479 e. The normalized spacial score (nSPS) is 23.4. The van der Waals surface area contributed by atoms with Crippen LogP contribution in [0.3, 0.4) is 0 Å². The molecule has 2 unspecified atom stereocenters. The Morgan fingerprint density at radius 2 is 2.05 bits per heavy atom. The molecule has 0 spiro atoms. The smallest absolute Gasteiger partial charge is 0.334 e. The first-order valence-electron chi connectivity index (χ1n) is 6.88. The summed E-state index contributed by atoms with van der Waals surface area (Å²) in [6, 6.07) is -0.464. The minimum absolute atomic E-state index is 0.0594. The lowest BCUT2D eigenvalue weighted by atomic mass is 10.2. The van der Waals surface area contributed by atoms with E-state index in [1.807, 2.05) is 0 Å². The van der Waals surface area contributed by atoms with Gasteiger partial charge in [-0.25, -0.2) is 4.79 Å². The fourth-order valence-corrected chi connectivity index (χ4v) is 2.45. The third-order valence-electron chi connectivity index (χ3n) is 3.79. The van der Waals surface area contributed by atoms with Gasteiger partial charge in [0.2, 0.25) is 11.8 Å². The Kier molecular flexibility index (Phi) is 4.59. The third-order valence-corrected chi connectivity index (χ3v) is 3.79. The molecule has 7 nitrogen and oxygen atoms in total. The molecule has 0 aromatic rings. The molecule has 0 aromatic heterocycles. The van der Waals surface area contributed by atoms with Gasteiger partial charge in [-0.05, 0) is 25.7 Å². The maximum Gasteiger partial charge on any atom is 0.334 e. The van der Waals surface area contributed by atoms with Crippen molar-refractivity contribution in [1.29, 1.82) is 0 Å². The van der Waals surface area contributed by atoms with Crippen LogP contribution in [0.2, 0.25) is 0 Å². The number of rotatable bonds is 6. The molecule has 2 N–H and O–H groups in total. The van der Waals surface area contributed by atoms with Crippen molar-refractivity contribution in [3.8, 4) is 0 Å². The molecule has 2 fully saturated rings. The lowest BCUT2D eigenvalue weighted by Crippen LogP contribution is -2.49. The monoisotopic (exact) mass is 284 g/mol. The second kappa shape index (κ2) is 6.21. The molecule has 112 valence electrons. The Morgan fingerprint density at radius 3 is 2.60 bits per heavy atom. The quantitative estimate of drug-likeness (QED) is 0.692. The van der Waals surface area contributed by atoms with Gasteiger partial charge in [0, 0.05) is 19.6 Å². The van der Waals surface area contributed by atoms with E-state index in [0.717, 1.165) is 19.3 Å². The zero-order chi connectivity index (χ0) is 14.7. The van der Waals surface area contributed by atoms with E-state index >= 15 is 0 Å². The van der Waals surface area contributed by atoms with Crippen LogP contribution in [-0.2, 0) is 19.1 Å². The second-order valence-electron chi connectivity index (χ2n) is 5.27. The van der Waals surface area contributed by atoms with E-state index in [9.17, 15) is 14.4 Å². The number of carbonyl (C=O) groups excluding carboxylic acids is 2. The van der Waals surface area contributed by atoms with Gasteiger partial charge in [0.05, 0.1) is 6.54 Å². The van der Waals surface area contributed by atoms with Crippen LogP contribution in [0.4, 0.5) is 0 Å². The van der Waals surface area contributed by atoms with Crippen molar-refractivity contribution in [2.45, 2.75) is 37.8 Å². The number of nitrogens with one attached hydrogen (secondary N) is 1. The van der Waals surface area contributed by atoms with Crippen molar-refractivity contribution in [2.75, 3.05) is 20.2 Å². The molecular formula is C13H20N2O5. The molecule has 2 atom stereocenters. The van der Waals surface area contributed by atoms with Crippen LogP contribution in [0.25, 0.3) is 0 Å². The van der Waals surface area contributed by atoms with Crippen LogP contribution in [0, 0.1) is 5.92 Å². The molecule has 7 heteroatoms. The molecule has 2 rings (SSSR count). The zero-order valence-electron chi connectivity index (χ0n) is 11.5. The molecule has 1 saturated carbocycles. The van der Waals surface area contributed by atoms with Crippen LogP contribution in [0.1, 0.15) is 25.7 Å². The summed E-state index contributed by atoms with van der Waals surface area (Å²) in [6.45, 7) is 0.521. The van der Waals surface area contributed by atoms with Crippen LogP contribution >= 0.6 is 0 Å². The first-order chi connectivity index (χ1) is 9.54. The second-order valence-corrected chi connectivity index (χ2v) is 5.27. The lowest BCUT2D eigenvalue weighted by Gasteiger charge is -2.24. The number of hydrogen-bond acceptors (Lipinski definition) is 4. The van der Waals surface area contributed by atoms with Crippen LogP contribution in [0.5, 0.6) is 0 Å². The number of aliphatic carboxylic acids is 1. The van der Waals surface area contributed by atoms with Crippen molar-refractivity contribution in [3.63, 3.8) is 0 Å². The number of ether oxygens (including phenoxy) is 1. The number of carboxylic acid groups (broad SMARTS) is 1. The predicted octanol–water partition coefficient (Wildman–Crippen LogP) is -0.397. The number of likely N-dealkylation sites (tertiary alicyclic amines) is 1. The third kappa shape index (κ3) is 3.27. The highest BCUT2D eigenvalue weighted by Crippen LogP contribution is 2.33. The predicted molar refractivity (Wildman–Crippen MR) is 68.9 cm³/mol. The molecule has 1 aliphatic carbocycles. The van der Waals surface area contributed by atoms with Crippen LogP contribution < -0.4 is 5.32 Å². The number of methoxy groups -OCH3 is 1. The first-order valence-corrected chi connectivity index (χ1v) is 6.88. The molecule has 0 bridgehead atoms. The van der Waals surface area contributed by atoms with Gasteiger partial charge in [-0.3, -0.25) is 9.59 Å². The summed E-state index contributed by atoms with van der Waals surface area (Å²) in [7, 11) is 1.28. The summed E-state index contributed by atoms with van der Waals surface area (Å²) in [4.78, 5) is 36.6. The van der Waals surface area contributed by atoms with Gasteiger partial charge in [-0.1, -0.05) is 0 Å². The van der Waals surface area contributed by atoms with E-state index in [4.69, 9.17) is 9.84 Å². The van der Waals surface area contributed by atoms with Gasteiger partial charge in [0.1, 0.15) is 6.04 Å². The van der Waals surface area contributed by atoms with E-state index in [1.165, 1.54) is 7.11 Å². The fraction of sp³-hybridized carbons (Fsp3) is 0.769. The Labute approximate surface area is 117 Å². The minimum Gasteiger partial charge on any atom is -0.479 e. The van der Waals surface area contributed by atoms with Crippen molar-refractivity contribution in [1.82, 2.24) is 10.2 Å². The molecule has 0 radical (unpaired) electrons. The van der Waals surface area contributed by atoms with E-state index in [1.54, 1.807) is 4.90 Å². The Hall–Kier alpha value is -1.63. The Balaban J connectivity index is 1.87. The number of amides is 2. The van der Waals surface area contributed by atoms with Crippen molar-refractivity contribution in [2.24, 2.45) is 5.92 Å². The lowest BCUT2D eigenvalue weighted by molar-refractivity contribution is -0.148. The van der Waals surface area contributed by atoms with E-state index in [0.29, 0.717) is 13.0 Å². The van der Waals surface area contributed by atoms with Crippen LogP contribution in [0.15, 0.2) is 0 Å². The topological polar surface area (TPSA) is 95.9 Å². The summed E-state index contributed by atoms with van der Waals surface area (Å²) in [6.07, 6.45) is 2.20. The molecule has 1 heterocycles. The summed E-state index contributed by atoms with van der Waals surface area (Å²) in [5, 5.41) is 11.4. The fourth-order valence-electron chi connectivity index (χ4n) is 2.45. The highest BCUT2D eigenvalue weighted by Gasteiger charge is 2.40. The summed E-state index contributed by atoms with van der Waals surface area (Å²) in [5.74, 6) is -1.26. The molecule has 1 saturated heterocycles. The minimum atomic E-state index is -1.12. The van der Waals surface area contributed by atoms with Crippen molar-refractivity contribution >= 4 is 17.8 Å². The van der Waals surface area contributed by atoms with Crippen LogP contribution in [-0.4, -0.2) is 60.1 Å². The average molecular weight is 284 g/mol. The van der Waals surface area contributed by atoms with E-state index in [2.05, 4.69) is 5.32 Å². The molecule has 2 aliphatic rings. The molecule has 2 amide bonds. The van der Waals surface area contributed by atoms with E-state index < -0.39 is 18.1 Å². The summed E-state index contributed by atoms with van der Waals surface area (Å²) < 4.78 is 4.75. The zero-order valence-corrected chi connectivity index (χ0v) is 11.5. The highest BCUT2D eigenvalue weighted by atomic mass is 16.5. The van der Waals surface area contributed by atoms with Crippen molar-refractivity contribution < 1.29 is 24.2 Å². The number of nitrogens with zero attached hydrogens (tertiary/aromatic N) is 1. The molecule has 1 aliphatic heterocycles. The average Bonchev–Trinajstić information content (AvgIpc) is 3.15. The Bertz CT molecular complexity index is 408. The highest BCUT2D eigenvalue weighted by molar-refractivity contribution is 5.90. The van der Waals surface area contributed by atoms with Gasteiger partial charge in [0.25, 0.3) is 0 Å². The summed E-state index contributed by atoms with van der Waals surface area (Å²) in [5.41, 5.74) is 0. The van der Waals surface area contributed by atoms with Crippen molar-refractivity contribution in [3.05, 3.63) is 0 Å². The van der Waals surface area contributed by atoms with Gasteiger partial charge in [-0.2, -0.15) is 0 Å². The van der Waals surface area contributed by atoms with Gasteiger partial charge in [0.15, 0.2) is 6.10 Å². The van der Waals surface area contributed by atoms with E-state index in [-0.39, 0.29) is 24.3 Å². The van der Waals surface area contributed by atoms with Gasteiger partial charge < -0.3 is 20.1 Å². The maximum atomic E-state index is 12.1.